The molecule has 6 heteroatoms. The van der Waals surface area contributed by atoms with Crippen LogP contribution in [0.2, 0.25) is 0 Å². The lowest BCUT2D eigenvalue weighted by Crippen LogP contribution is -1.86. The molecular formula is C19H11IN2O3. The Hall–Kier alpha value is -2.92. The summed E-state index contributed by atoms with van der Waals surface area (Å²) in [6.45, 7) is 0. The van der Waals surface area contributed by atoms with Crippen LogP contribution in [0.1, 0.15) is 11.3 Å². The van der Waals surface area contributed by atoms with E-state index in [9.17, 15) is 15.4 Å². The number of nitriles is 1. The van der Waals surface area contributed by atoms with Crippen molar-refractivity contribution in [2.45, 2.75) is 0 Å². The van der Waals surface area contributed by atoms with Gasteiger partial charge in [0.25, 0.3) is 5.69 Å². The van der Waals surface area contributed by atoms with E-state index in [-0.39, 0.29) is 5.69 Å². The Kier molecular flexibility index (Phi) is 4.95. The molecule has 0 amide bonds. The summed E-state index contributed by atoms with van der Waals surface area (Å²) in [6, 6.07) is 19.5. The van der Waals surface area contributed by atoms with Gasteiger partial charge in [0.2, 0.25) is 0 Å². The molecule has 122 valence electrons. The summed E-state index contributed by atoms with van der Waals surface area (Å²) in [5.74, 6) is 1.13. The molecule has 0 fully saturated rings. The summed E-state index contributed by atoms with van der Waals surface area (Å²) in [5, 5.41) is 20.1. The Bertz CT molecular complexity index is 981. The normalized spacial score (nSPS) is 11.1. The maximum Gasteiger partial charge on any atom is 0.269 e. The molecule has 25 heavy (non-hydrogen) atoms. The molecule has 5 nitrogen and oxygen atoms in total. The molecule has 0 N–H and O–H groups in total. The fraction of sp³-hybridized carbons (Fsp3) is 0. The number of rotatable bonds is 4. The van der Waals surface area contributed by atoms with Crippen molar-refractivity contribution in [3.05, 3.63) is 85.7 Å². The molecule has 0 spiro atoms. The van der Waals surface area contributed by atoms with Crippen molar-refractivity contribution in [1.29, 1.82) is 5.26 Å². The quantitative estimate of drug-likeness (QED) is 0.231. The highest BCUT2D eigenvalue weighted by Crippen LogP contribution is 2.27. The maximum atomic E-state index is 10.7. The van der Waals surface area contributed by atoms with Gasteiger partial charge in [0, 0.05) is 21.3 Å². The van der Waals surface area contributed by atoms with Gasteiger partial charge in [-0.1, -0.05) is 12.1 Å². The summed E-state index contributed by atoms with van der Waals surface area (Å²) < 4.78 is 6.84. The van der Waals surface area contributed by atoms with Crippen LogP contribution in [0.4, 0.5) is 5.69 Å². The van der Waals surface area contributed by atoms with Crippen LogP contribution < -0.4 is 0 Å². The van der Waals surface area contributed by atoms with E-state index >= 15 is 0 Å². The van der Waals surface area contributed by atoms with Crippen molar-refractivity contribution >= 4 is 39.9 Å². The van der Waals surface area contributed by atoms with E-state index in [0.717, 1.165) is 14.7 Å². The first-order valence-corrected chi connectivity index (χ1v) is 8.37. The lowest BCUT2D eigenvalue weighted by Gasteiger charge is -1.99. The standard InChI is InChI=1S/C19H11IN2O3/c20-16-5-1-13(2-6-16)15(12-21)11-18-9-10-19(25-18)14-3-7-17(8-4-14)22(23)24/h1-11H/b15-11-. The number of hydrogen-bond acceptors (Lipinski definition) is 4. The number of allylic oxidation sites excluding steroid dienone is 1. The number of nitro benzene ring substituents is 1. The predicted molar refractivity (Wildman–Crippen MR) is 103 cm³/mol. The van der Waals surface area contributed by atoms with E-state index in [0.29, 0.717) is 17.1 Å². The van der Waals surface area contributed by atoms with Crippen molar-refractivity contribution in [1.82, 2.24) is 0 Å². The van der Waals surface area contributed by atoms with Crippen LogP contribution in [-0.2, 0) is 0 Å². The van der Waals surface area contributed by atoms with E-state index in [2.05, 4.69) is 28.7 Å². The number of nitro groups is 1. The Labute approximate surface area is 157 Å². The zero-order valence-corrected chi connectivity index (χ0v) is 15.0. The van der Waals surface area contributed by atoms with Gasteiger partial charge in [-0.25, -0.2) is 0 Å². The summed E-state index contributed by atoms with van der Waals surface area (Å²) in [6.07, 6.45) is 1.68. The summed E-state index contributed by atoms with van der Waals surface area (Å²) in [4.78, 5) is 10.3. The van der Waals surface area contributed by atoms with Crippen LogP contribution in [-0.4, -0.2) is 4.92 Å². The summed E-state index contributed by atoms with van der Waals surface area (Å²) >= 11 is 2.21. The fourth-order valence-electron chi connectivity index (χ4n) is 2.28. The molecule has 0 saturated carbocycles. The van der Waals surface area contributed by atoms with Crippen molar-refractivity contribution in [2.75, 3.05) is 0 Å². The van der Waals surface area contributed by atoms with Crippen molar-refractivity contribution in [3.63, 3.8) is 0 Å². The van der Waals surface area contributed by atoms with E-state index < -0.39 is 4.92 Å². The van der Waals surface area contributed by atoms with E-state index in [4.69, 9.17) is 4.42 Å². The van der Waals surface area contributed by atoms with Crippen LogP contribution in [0.5, 0.6) is 0 Å². The second-order valence-corrected chi connectivity index (χ2v) is 6.43. The molecule has 0 atom stereocenters. The van der Waals surface area contributed by atoms with Gasteiger partial charge in [0.15, 0.2) is 0 Å². The molecule has 1 heterocycles. The average Bonchev–Trinajstić information content (AvgIpc) is 3.09. The SMILES string of the molecule is N#C/C(=C/c1ccc(-c2ccc([N+](=O)[O-])cc2)o1)c1ccc(I)cc1. The minimum Gasteiger partial charge on any atom is -0.457 e. The minimum absolute atomic E-state index is 0.0286. The number of benzene rings is 2. The number of non-ortho nitro benzene ring substituents is 1. The third-order valence-corrected chi connectivity index (χ3v) is 4.27. The zero-order chi connectivity index (χ0) is 17.8. The van der Waals surface area contributed by atoms with E-state index in [1.807, 2.05) is 24.3 Å². The zero-order valence-electron chi connectivity index (χ0n) is 12.8. The largest absolute Gasteiger partial charge is 0.457 e. The number of furan rings is 1. The first-order valence-electron chi connectivity index (χ1n) is 7.29. The van der Waals surface area contributed by atoms with E-state index in [1.54, 1.807) is 30.3 Å². The molecule has 0 bridgehead atoms. The molecule has 3 rings (SSSR count). The van der Waals surface area contributed by atoms with Crippen LogP contribution in [0, 0.1) is 25.0 Å². The van der Waals surface area contributed by atoms with E-state index in [1.165, 1.54) is 12.1 Å². The lowest BCUT2D eigenvalue weighted by molar-refractivity contribution is -0.384. The molecule has 0 aliphatic carbocycles. The Morgan fingerprint density at radius 2 is 1.76 bits per heavy atom. The number of nitrogens with zero attached hydrogens (tertiary/aromatic N) is 2. The van der Waals surface area contributed by atoms with Gasteiger partial charge in [-0.2, -0.15) is 5.26 Å². The molecule has 0 unspecified atom stereocenters. The van der Waals surface area contributed by atoms with Gasteiger partial charge in [-0.15, -0.1) is 0 Å². The van der Waals surface area contributed by atoms with Crippen LogP contribution >= 0.6 is 22.6 Å². The average molecular weight is 442 g/mol. The van der Waals surface area contributed by atoms with Gasteiger partial charge in [0.05, 0.1) is 16.6 Å². The number of halogens is 1. The smallest absolute Gasteiger partial charge is 0.269 e. The molecule has 0 aliphatic heterocycles. The second kappa shape index (κ2) is 7.32. The highest BCUT2D eigenvalue weighted by atomic mass is 127. The first-order chi connectivity index (χ1) is 12.1. The van der Waals surface area contributed by atoms with Crippen LogP contribution in [0.15, 0.2) is 65.1 Å². The molecule has 3 aromatic rings. The first kappa shape index (κ1) is 16.9. The Morgan fingerprint density at radius 1 is 1.08 bits per heavy atom. The number of hydrogen-bond donors (Lipinski definition) is 0. The summed E-state index contributed by atoms with van der Waals surface area (Å²) in [5.41, 5.74) is 2.08. The topological polar surface area (TPSA) is 80.1 Å². The van der Waals surface area contributed by atoms with Gasteiger partial charge in [-0.05, 0) is 70.6 Å². The molecule has 2 aromatic carbocycles. The Balaban J connectivity index is 1.88. The third-order valence-electron chi connectivity index (χ3n) is 3.55. The minimum atomic E-state index is -0.444. The Morgan fingerprint density at radius 3 is 2.36 bits per heavy atom. The molecule has 0 radical (unpaired) electrons. The predicted octanol–water partition coefficient (Wildman–Crippen LogP) is 5.52. The van der Waals surface area contributed by atoms with Crippen molar-refractivity contribution in [3.8, 4) is 17.4 Å². The molecule has 0 saturated heterocycles. The summed E-state index contributed by atoms with van der Waals surface area (Å²) in [7, 11) is 0. The second-order valence-electron chi connectivity index (χ2n) is 5.18. The lowest BCUT2D eigenvalue weighted by atomic mass is 10.1. The molecule has 0 aliphatic rings. The fourth-order valence-corrected chi connectivity index (χ4v) is 2.64. The monoisotopic (exact) mass is 442 g/mol. The van der Waals surface area contributed by atoms with Crippen LogP contribution in [0.3, 0.4) is 0 Å². The van der Waals surface area contributed by atoms with Gasteiger partial charge >= 0.3 is 0 Å². The van der Waals surface area contributed by atoms with Gasteiger partial charge < -0.3 is 4.42 Å². The van der Waals surface area contributed by atoms with Crippen LogP contribution in [0.25, 0.3) is 23.0 Å². The third kappa shape index (κ3) is 3.95. The maximum absolute atomic E-state index is 10.7. The van der Waals surface area contributed by atoms with Gasteiger partial charge in [0.1, 0.15) is 11.5 Å². The highest BCUT2D eigenvalue weighted by Gasteiger charge is 2.09. The molecule has 1 aromatic heterocycles. The highest BCUT2D eigenvalue weighted by molar-refractivity contribution is 14.1. The van der Waals surface area contributed by atoms with Crippen molar-refractivity contribution in [2.24, 2.45) is 0 Å². The molecular weight excluding hydrogens is 431 g/mol. The van der Waals surface area contributed by atoms with Gasteiger partial charge in [-0.3, -0.25) is 10.1 Å². The van der Waals surface area contributed by atoms with Crippen molar-refractivity contribution < 1.29 is 9.34 Å².